The number of nitrogens with zero attached hydrogens (tertiary/aromatic N) is 1. The Balaban J connectivity index is 1.75. The first-order chi connectivity index (χ1) is 8.66. The van der Waals surface area contributed by atoms with Gasteiger partial charge in [-0.1, -0.05) is 6.07 Å². The molecule has 1 aliphatic carbocycles. The van der Waals surface area contributed by atoms with Crippen molar-refractivity contribution in [3.05, 3.63) is 28.2 Å². The average molecular weight is 311 g/mol. The Bertz CT molecular complexity index is 439. The van der Waals surface area contributed by atoms with Crippen molar-refractivity contribution in [1.82, 2.24) is 0 Å². The molecule has 2 N–H and O–H groups in total. The minimum absolute atomic E-state index is 0.0833. The maximum absolute atomic E-state index is 6.17. The van der Waals surface area contributed by atoms with Crippen LogP contribution in [0.4, 0.5) is 5.69 Å². The Kier molecular flexibility index (Phi) is 3.34. The normalized spacial score (nSPS) is 22.0. The lowest BCUT2D eigenvalue weighted by molar-refractivity contribution is 0.122. The van der Waals surface area contributed by atoms with Gasteiger partial charge in [-0.15, -0.1) is 0 Å². The summed E-state index contributed by atoms with van der Waals surface area (Å²) < 4.78 is 6.56. The van der Waals surface area contributed by atoms with Crippen LogP contribution in [-0.2, 0) is 11.2 Å². The second-order valence-electron chi connectivity index (χ2n) is 5.42. The number of halogens is 1. The molecule has 0 spiro atoms. The summed E-state index contributed by atoms with van der Waals surface area (Å²) in [6.07, 6.45) is 3.32. The number of hydrogen-bond acceptors (Lipinski definition) is 3. The molecule has 1 saturated heterocycles. The number of hydrogen-bond donors (Lipinski definition) is 1. The minimum atomic E-state index is 0.0833. The first kappa shape index (κ1) is 12.5. The maximum Gasteiger partial charge on any atom is 0.0642 e. The summed E-state index contributed by atoms with van der Waals surface area (Å²) in [7, 11) is 0. The molecule has 3 rings (SSSR count). The summed E-state index contributed by atoms with van der Waals surface area (Å²) in [6.45, 7) is 3.58. The molecule has 18 heavy (non-hydrogen) atoms. The molecule has 0 radical (unpaired) electrons. The highest BCUT2D eigenvalue weighted by molar-refractivity contribution is 9.10. The second-order valence-corrected chi connectivity index (χ2v) is 6.28. The van der Waals surface area contributed by atoms with Crippen LogP contribution in [0.25, 0.3) is 0 Å². The van der Waals surface area contributed by atoms with Gasteiger partial charge in [-0.3, -0.25) is 0 Å². The molecule has 1 aromatic carbocycles. The highest BCUT2D eigenvalue weighted by Crippen LogP contribution is 2.37. The van der Waals surface area contributed by atoms with Crippen molar-refractivity contribution in [2.75, 3.05) is 31.2 Å². The van der Waals surface area contributed by atoms with Gasteiger partial charge in [0.05, 0.1) is 18.9 Å². The van der Waals surface area contributed by atoms with Crippen molar-refractivity contribution in [2.45, 2.75) is 24.8 Å². The first-order valence-corrected chi connectivity index (χ1v) is 7.36. The molecule has 2 aliphatic rings. The lowest BCUT2D eigenvalue weighted by Gasteiger charge is -2.30. The number of nitrogens with two attached hydrogens (primary N) is 1. The van der Waals surface area contributed by atoms with E-state index in [1.807, 2.05) is 0 Å². The summed E-state index contributed by atoms with van der Waals surface area (Å²) >= 11 is 3.69. The quantitative estimate of drug-likeness (QED) is 0.931. The maximum atomic E-state index is 6.17. The summed E-state index contributed by atoms with van der Waals surface area (Å²) in [5.74, 6) is 0. The standard InChI is InChI=1S/C14H19BrN2O/c15-12-9-11(10-14(16)3-4-14)1-2-13(12)17-5-7-18-8-6-17/h1-2,9H,3-8,10,16H2. The van der Waals surface area contributed by atoms with Crippen LogP contribution < -0.4 is 10.6 Å². The topological polar surface area (TPSA) is 38.5 Å². The molecule has 3 nitrogen and oxygen atoms in total. The molecule has 2 fully saturated rings. The third-order valence-electron chi connectivity index (χ3n) is 3.81. The van der Waals surface area contributed by atoms with Crippen molar-refractivity contribution < 1.29 is 4.74 Å². The van der Waals surface area contributed by atoms with Crippen molar-refractivity contribution >= 4 is 21.6 Å². The van der Waals surface area contributed by atoms with E-state index >= 15 is 0 Å². The van der Waals surface area contributed by atoms with Crippen LogP contribution in [0.2, 0.25) is 0 Å². The second kappa shape index (κ2) is 4.83. The Morgan fingerprint density at radius 3 is 2.61 bits per heavy atom. The molecule has 0 aromatic heterocycles. The number of benzene rings is 1. The SMILES string of the molecule is NC1(Cc2ccc(N3CCOCC3)c(Br)c2)CC1. The lowest BCUT2D eigenvalue weighted by atomic mass is 10.0. The van der Waals surface area contributed by atoms with Crippen molar-refractivity contribution in [1.29, 1.82) is 0 Å². The molecular weight excluding hydrogens is 292 g/mol. The number of anilines is 1. The van der Waals surface area contributed by atoms with Crippen molar-refractivity contribution in [3.8, 4) is 0 Å². The van der Waals surface area contributed by atoms with Gasteiger partial charge < -0.3 is 15.4 Å². The average Bonchev–Trinajstić information content (AvgIpc) is 3.08. The van der Waals surface area contributed by atoms with Gasteiger partial charge in [0.2, 0.25) is 0 Å². The highest BCUT2D eigenvalue weighted by atomic mass is 79.9. The Morgan fingerprint density at radius 1 is 1.28 bits per heavy atom. The number of rotatable bonds is 3. The van der Waals surface area contributed by atoms with E-state index in [1.165, 1.54) is 15.7 Å². The van der Waals surface area contributed by atoms with E-state index < -0.39 is 0 Å². The van der Waals surface area contributed by atoms with E-state index in [9.17, 15) is 0 Å². The van der Waals surface area contributed by atoms with Crippen molar-refractivity contribution in [3.63, 3.8) is 0 Å². The van der Waals surface area contributed by atoms with Crippen molar-refractivity contribution in [2.24, 2.45) is 5.73 Å². The van der Waals surface area contributed by atoms with Gasteiger partial charge in [0.15, 0.2) is 0 Å². The fourth-order valence-corrected chi connectivity index (χ4v) is 3.14. The predicted molar refractivity (Wildman–Crippen MR) is 77.0 cm³/mol. The number of ether oxygens (including phenoxy) is 1. The van der Waals surface area contributed by atoms with Crippen LogP contribution in [-0.4, -0.2) is 31.8 Å². The van der Waals surface area contributed by atoms with E-state index in [4.69, 9.17) is 10.5 Å². The van der Waals surface area contributed by atoms with Gasteiger partial charge >= 0.3 is 0 Å². The van der Waals surface area contributed by atoms with Crippen LogP contribution in [0, 0.1) is 0 Å². The van der Waals surface area contributed by atoms with Crippen LogP contribution in [0.15, 0.2) is 22.7 Å². The van der Waals surface area contributed by atoms with Gasteiger partial charge in [-0.2, -0.15) is 0 Å². The molecule has 4 heteroatoms. The zero-order valence-electron chi connectivity index (χ0n) is 10.5. The predicted octanol–water partition coefficient (Wildman–Crippen LogP) is 2.32. The van der Waals surface area contributed by atoms with Crippen LogP contribution in [0.3, 0.4) is 0 Å². The summed E-state index contributed by atoms with van der Waals surface area (Å²) in [4.78, 5) is 2.37. The molecule has 1 aromatic rings. The molecule has 98 valence electrons. The van der Waals surface area contributed by atoms with Gasteiger partial charge in [-0.25, -0.2) is 0 Å². The van der Waals surface area contributed by atoms with E-state index in [0.717, 1.165) is 45.6 Å². The van der Waals surface area contributed by atoms with E-state index in [1.54, 1.807) is 0 Å². The summed E-state index contributed by atoms with van der Waals surface area (Å²) in [5, 5.41) is 0. The molecule has 1 heterocycles. The van der Waals surface area contributed by atoms with Gasteiger partial charge in [0.1, 0.15) is 0 Å². The van der Waals surface area contributed by atoms with Gasteiger partial charge in [-0.05, 0) is 52.9 Å². The smallest absolute Gasteiger partial charge is 0.0642 e. The molecule has 0 unspecified atom stereocenters. The molecule has 0 amide bonds. The summed E-state index contributed by atoms with van der Waals surface area (Å²) in [6, 6.07) is 6.64. The van der Waals surface area contributed by atoms with E-state index in [0.29, 0.717) is 0 Å². The van der Waals surface area contributed by atoms with Gasteiger partial charge in [0.25, 0.3) is 0 Å². The van der Waals surface area contributed by atoms with E-state index in [2.05, 4.69) is 39.0 Å². The zero-order chi connectivity index (χ0) is 12.6. The van der Waals surface area contributed by atoms with Crippen LogP contribution >= 0.6 is 15.9 Å². The van der Waals surface area contributed by atoms with Gasteiger partial charge in [0, 0.05) is 23.1 Å². The fourth-order valence-electron chi connectivity index (χ4n) is 2.46. The number of morpholine rings is 1. The molecular formula is C14H19BrN2O. The van der Waals surface area contributed by atoms with Crippen LogP contribution in [0.5, 0.6) is 0 Å². The highest BCUT2D eigenvalue weighted by Gasteiger charge is 2.38. The fraction of sp³-hybridized carbons (Fsp3) is 0.571. The minimum Gasteiger partial charge on any atom is -0.378 e. The Morgan fingerprint density at radius 2 is 2.00 bits per heavy atom. The summed E-state index contributed by atoms with van der Waals surface area (Å²) in [5.41, 5.74) is 8.85. The third-order valence-corrected chi connectivity index (χ3v) is 4.45. The Hall–Kier alpha value is -0.580. The first-order valence-electron chi connectivity index (χ1n) is 6.56. The zero-order valence-corrected chi connectivity index (χ0v) is 12.1. The van der Waals surface area contributed by atoms with Crippen LogP contribution in [0.1, 0.15) is 18.4 Å². The lowest BCUT2D eigenvalue weighted by Crippen LogP contribution is -2.36. The molecule has 1 saturated carbocycles. The Labute approximate surface area is 116 Å². The third kappa shape index (κ3) is 2.71. The monoisotopic (exact) mass is 310 g/mol. The molecule has 1 aliphatic heterocycles. The molecule has 0 atom stereocenters. The largest absolute Gasteiger partial charge is 0.378 e. The van der Waals surface area contributed by atoms with E-state index in [-0.39, 0.29) is 5.54 Å². The molecule has 0 bridgehead atoms.